The van der Waals surface area contributed by atoms with Crippen LogP contribution in [0.2, 0.25) is 0 Å². The molecule has 4 nitrogen and oxygen atoms in total. The average molecular weight is 339 g/mol. The third kappa shape index (κ3) is 6.23. The van der Waals surface area contributed by atoms with Crippen molar-refractivity contribution in [1.82, 2.24) is 10.6 Å². The van der Waals surface area contributed by atoms with E-state index in [1.54, 1.807) is 23.5 Å². The normalized spacial score (nSPS) is 11.6. The first-order valence-electron chi connectivity index (χ1n) is 7.24. The number of alkyl halides is 2. The van der Waals surface area contributed by atoms with Gasteiger partial charge in [0.15, 0.2) is 5.96 Å². The molecule has 1 aromatic carbocycles. The predicted octanol–water partition coefficient (Wildman–Crippen LogP) is 3.60. The van der Waals surface area contributed by atoms with Gasteiger partial charge < -0.3 is 15.4 Å². The SMILES string of the molecule is CCNC(=NCc1ccsc1)NCc1cccc(OC(F)F)c1. The Labute approximate surface area is 138 Å². The van der Waals surface area contributed by atoms with Gasteiger partial charge in [-0.2, -0.15) is 20.1 Å². The Morgan fingerprint density at radius 2 is 2.13 bits per heavy atom. The van der Waals surface area contributed by atoms with Crippen LogP contribution in [-0.2, 0) is 13.1 Å². The molecule has 0 amide bonds. The van der Waals surface area contributed by atoms with Crippen LogP contribution in [0.15, 0.2) is 46.1 Å². The summed E-state index contributed by atoms with van der Waals surface area (Å²) in [5, 5.41) is 10.4. The highest BCUT2D eigenvalue weighted by Crippen LogP contribution is 2.15. The van der Waals surface area contributed by atoms with Crippen molar-refractivity contribution in [1.29, 1.82) is 0 Å². The van der Waals surface area contributed by atoms with Gasteiger partial charge in [0.25, 0.3) is 0 Å². The molecule has 0 aliphatic heterocycles. The second-order valence-corrected chi connectivity index (χ2v) is 5.49. The Bertz CT molecular complexity index is 618. The molecule has 2 N–H and O–H groups in total. The molecule has 2 aromatic rings. The minimum absolute atomic E-state index is 0.152. The summed E-state index contributed by atoms with van der Waals surface area (Å²) in [5.74, 6) is 0.832. The second-order valence-electron chi connectivity index (χ2n) is 4.71. The summed E-state index contributed by atoms with van der Waals surface area (Å²) in [6, 6.07) is 8.65. The molecule has 0 bridgehead atoms. The molecule has 0 saturated carbocycles. The lowest BCUT2D eigenvalue weighted by Crippen LogP contribution is -2.36. The Morgan fingerprint density at radius 3 is 2.83 bits per heavy atom. The van der Waals surface area contributed by atoms with Gasteiger partial charge in [-0.25, -0.2) is 4.99 Å². The third-order valence-electron chi connectivity index (χ3n) is 2.93. The van der Waals surface area contributed by atoms with Crippen molar-refractivity contribution < 1.29 is 13.5 Å². The number of halogens is 2. The summed E-state index contributed by atoms with van der Waals surface area (Å²) in [5.41, 5.74) is 1.99. The van der Waals surface area contributed by atoms with Gasteiger partial charge in [0.2, 0.25) is 0 Å². The first kappa shape index (κ1) is 17.2. The van der Waals surface area contributed by atoms with E-state index in [0.29, 0.717) is 19.0 Å². The maximum absolute atomic E-state index is 12.2. The summed E-state index contributed by atoms with van der Waals surface area (Å²) in [6.07, 6.45) is 0. The van der Waals surface area contributed by atoms with Gasteiger partial charge >= 0.3 is 6.61 Å². The van der Waals surface area contributed by atoms with Crippen molar-refractivity contribution >= 4 is 17.3 Å². The molecule has 0 atom stereocenters. The van der Waals surface area contributed by atoms with E-state index in [1.165, 1.54) is 6.07 Å². The summed E-state index contributed by atoms with van der Waals surface area (Å²) < 4.78 is 28.9. The molecule has 0 saturated heterocycles. The maximum atomic E-state index is 12.2. The van der Waals surface area contributed by atoms with Crippen molar-refractivity contribution in [3.8, 4) is 5.75 Å². The molecular formula is C16H19F2N3OS. The van der Waals surface area contributed by atoms with Crippen LogP contribution in [0.1, 0.15) is 18.1 Å². The van der Waals surface area contributed by atoms with E-state index in [9.17, 15) is 8.78 Å². The van der Waals surface area contributed by atoms with Crippen LogP contribution >= 0.6 is 11.3 Å². The van der Waals surface area contributed by atoms with E-state index < -0.39 is 6.61 Å². The molecule has 1 aromatic heterocycles. The van der Waals surface area contributed by atoms with Crippen LogP contribution in [0, 0.1) is 0 Å². The van der Waals surface area contributed by atoms with Crippen molar-refractivity contribution in [2.24, 2.45) is 4.99 Å². The van der Waals surface area contributed by atoms with Gasteiger partial charge in [0, 0.05) is 13.1 Å². The van der Waals surface area contributed by atoms with Crippen LogP contribution in [0.25, 0.3) is 0 Å². The van der Waals surface area contributed by atoms with Gasteiger partial charge in [-0.3, -0.25) is 0 Å². The number of hydrogen-bond acceptors (Lipinski definition) is 3. The molecule has 0 spiro atoms. The highest BCUT2D eigenvalue weighted by molar-refractivity contribution is 7.07. The summed E-state index contributed by atoms with van der Waals surface area (Å²) >= 11 is 1.64. The predicted molar refractivity (Wildman–Crippen MR) is 89.0 cm³/mol. The average Bonchev–Trinajstić information content (AvgIpc) is 3.03. The number of ether oxygens (including phenoxy) is 1. The van der Waals surface area contributed by atoms with Crippen molar-refractivity contribution in [3.63, 3.8) is 0 Å². The Hall–Kier alpha value is -2.15. The zero-order chi connectivity index (χ0) is 16.5. The molecule has 1 heterocycles. The number of nitrogens with zero attached hydrogens (tertiary/aromatic N) is 1. The zero-order valence-corrected chi connectivity index (χ0v) is 13.6. The van der Waals surface area contributed by atoms with Crippen LogP contribution in [0.3, 0.4) is 0 Å². The van der Waals surface area contributed by atoms with E-state index in [1.807, 2.05) is 24.4 Å². The fraction of sp³-hybridized carbons (Fsp3) is 0.312. The largest absolute Gasteiger partial charge is 0.435 e. The first-order valence-corrected chi connectivity index (χ1v) is 8.18. The highest BCUT2D eigenvalue weighted by Gasteiger charge is 2.05. The highest BCUT2D eigenvalue weighted by atomic mass is 32.1. The van der Waals surface area contributed by atoms with Gasteiger partial charge in [0.1, 0.15) is 5.75 Å². The molecule has 0 unspecified atom stereocenters. The maximum Gasteiger partial charge on any atom is 0.387 e. The van der Waals surface area contributed by atoms with Crippen LogP contribution in [0.5, 0.6) is 5.75 Å². The standard InChI is InChI=1S/C16H19F2N3OS/c1-2-19-16(21-10-13-6-7-23-11-13)20-9-12-4-3-5-14(8-12)22-15(17)18/h3-8,11,15H,2,9-10H2,1H3,(H2,19,20,21). The number of hydrogen-bond donors (Lipinski definition) is 2. The molecule has 0 radical (unpaired) electrons. The lowest BCUT2D eigenvalue weighted by Gasteiger charge is -2.12. The van der Waals surface area contributed by atoms with Crippen molar-refractivity contribution in [2.75, 3.05) is 6.54 Å². The van der Waals surface area contributed by atoms with Gasteiger partial charge in [-0.15, -0.1) is 0 Å². The summed E-state index contributed by atoms with van der Waals surface area (Å²) in [4.78, 5) is 4.49. The lowest BCUT2D eigenvalue weighted by molar-refractivity contribution is -0.0498. The number of benzene rings is 1. The van der Waals surface area contributed by atoms with Crippen LogP contribution in [-0.4, -0.2) is 19.1 Å². The fourth-order valence-corrected chi connectivity index (χ4v) is 2.57. The van der Waals surface area contributed by atoms with E-state index in [0.717, 1.165) is 17.7 Å². The topological polar surface area (TPSA) is 45.7 Å². The van der Waals surface area contributed by atoms with Gasteiger partial charge in [-0.05, 0) is 47.0 Å². The van der Waals surface area contributed by atoms with Crippen LogP contribution in [0.4, 0.5) is 8.78 Å². The van der Waals surface area contributed by atoms with Crippen molar-refractivity contribution in [3.05, 3.63) is 52.2 Å². The van der Waals surface area contributed by atoms with Crippen molar-refractivity contribution in [2.45, 2.75) is 26.6 Å². The second kappa shape index (κ2) is 9.09. The van der Waals surface area contributed by atoms with Gasteiger partial charge in [-0.1, -0.05) is 12.1 Å². The minimum atomic E-state index is -2.82. The zero-order valence-electron chi connectivity index (χ0n) is 12.8. The molecule has 0 aliphatic carbocycles. The minimum Gasteiger partial charge on any atom is -0.435 e. The number of guanidine groups is 1. The molecular weight excluding hydrogens is 320 g/mol. The number of nitrogens with one attached hydrogen (secondary N) is 2. The van der Waals surface area contributed by atoms with Crippen LogP contribution < -0.4 is 15.4 Å². The lowest BCUT2D eigenvalue weighted by atomic mass is 10.2. The van der Waals surface area contributed by atoms with E-state index in [4.69, 9.17) is 0 Å². The smallest absolute Gasteiger partial charge is 0.387 e. The fourth-order valence-electron chi connectivity index (χ4n) is 1.91. The van der Waals surface area contributed by atoms with E-state index >= 15 is 0 Å². The number of rotatable bonds is 7. The molecule has 2 rings (SSSR count). The Balaban J connectivity index is 1.94. The molecule has 124 valence electrons. The molecule has 0 aliphatic rings. The number of thiophene rings is 1. The third-order valence-corrected chi connectivity index (χ3v) is 3.66. The molecule has 7 heteroatoms. The quantitative estimate of drug-likeness (QED) is 0.598. The first-order chi connectivity index (χ1) is 11.2. The molecule has 23 heavy (non-hydrogen) atoms. The summed E-state index contributed by atoms with van der Waals surface area (Å²) in [7, 11) is 0. The molecule has 0 fully saturated rings. The Morgan fingerprint density at radius 1 is 1.26 bits per heavy atom. The van der Waals surface area contributed by atoms with E-state index in [2.05, 4.69) is 25.7 Å². The monoisotopic (exact) mass is 339 g/mol. The Kier molecular flexibility index (Phi) is 6.80. The summed E-state index contributed by atoms with van der Waals surface area (Å²) in [6.45, 7) is 0.967. The number of aliphatic imine (C=N–C) groups is 1. The van der Waals surface area contributed by atoms with E-state index in [-0.39, 0.29) is 5.75 Å². The van der Waals surface area contributed by atoms with Gasteiger partial charge in [0.05, 0.1) is 6.54 Å².